The first-order valence-corrected chi connectivity index (χ1v) is 7.74. The van der Waals surface area contributed by atoms with Gasteiger partial charge in [0.2, 0.25) is 0 Å². The van der Waals surface area contributed by atoms with E-state index in [-0.39, 0.29) is 16.9 Å². The van der Waals surface area contributed by atoms with Gasteiger partial charge in [-0.3, -0.25) is 9.35 Å². The second-order valence-electron chi connectivity index (χ2n) is 4.33. The Morgan fingerprint density at radius 1 is 1.18 bits per heavy atom. The Kier molecular flexibility index (Phi) is 4.41. The van der Waals surface area contributed by atoms with Crippen molar-refractivity contribution in [2.45, 2.75) is 4.90 Å². The van der Waals surface area contributed by atoms with Crippen LogP contribution in [0.4, 0.5) is 0 Å². The molecule has 2 aromatic rings. The topological polar surface area (TPSA) is 101 Å². The van der Waals surface area contributed by atoms with E-state index in [0.717, 1.165) is 12.1 Å². The van der Waals surface area contributed by atoms with Crippen LogP contribution in [-0.4, -0.2) is 31.0 Å². The van der Waals surface area contributed by atoms with Crippen LogP contribution in [0.3, 0.4) is 0 Å². The number of phenols is 1. The molecule has 22 heavy (non-hydrogen) atoms. The maximum atomic E-state index is 12.3. The minimum atomic E-state index is -4.62. The second-order valence-corrected chi connectivity index (χ2v) is 6.16. The summed E-state index contributed by atoms with van der Waals surface area (Å²) in [4.78, 5) is 11.7. The minimum Gasteiger partial charge on any atom is -0.507 e. The van der Waals surface area contributed by atoms with E-state index in [1.54, 1.807) is 0 Å². The van der Waals surface area contributed by atoms with E-state index in [1.807, 2.05) is 0 Å². The molecule has 2 aromatic carbocycles. The Labute approximate surface area is 131 Å². The van der Waals surface area contributed by atoms with Crippen molar-refractivity contribution < 1.29 is 27.6 Å². The monoisotopic (exact) mass is 342 g/mol. The highest BCUT2D eigenvalue weighted by atomic mass is 35.5. The standard InChI is InChI=1S/C14H11ClO6S/c1-21-12-7-11(16)10(6-13(12)22(18,19)20)14(17)8-2-4-9(15)5-3-8/h2-7,16H,1H3,(H,18,19,20). The summed E-state index contributed by atoms with van der Waals surface area (Å²) in [5, 5.41) is 10.3. The molecule has 116 valence electrons. The number of rotatable bonds is 4. The molecule has 0 bridgehead atoms. The maximum absolute atomic E-state index is 12.3. The van der Waals surface area contributed by atoms with Crippen LogP contribution in [0.1, 0.15) is 15.9 Å². The summed E-state index contributed by atoms with van der Waals surface area (Å²) in [5.41, 5.74) is -0.0816. The Balaban J connectivity index is 2.60. The quantitative estimate of drug-likeness (QED) is 0.654. The molecule has 0 unspecified atom stereocenters. The lowest BCUT2D eigenvalue weighted by atomic mass is 10.0. The molecule has 0 aliphatic rings. The van der Waals surface area contributed by atoms with Crippen molar-refractivity contribution in [2.24, 2.45) is 0 Å². The number of benzene rings is 2. The molecule has 0 amide bonds. The van der Waals surface area contributed by atoms with Crippen LogP contribution in [0, 0.1) is 0 Å². The lowest BCUT2D eigenvalue weighted by molar-refractivity contribution is 0.103. The van der Waals surface area contributed by atoms with Crippen molar-refractivity contribution in [1.29, 1.82) is 0 Å². The zero-order valence-electron chi connectivity index (χ0n) is 11.3. The summed E-state index contributed by atoms with van der Waals surface area (Å²) in [5.74, 6) is -1.36. The smallest absolute Gasteiger partial charge is 0.298 e. The van der Waals surface area contributed by atoms with Crippen LogP contribution in [0.2, 0.25) is 5.02 Å². The van der Waals surface area contributed by atoms with E-state index < -0.39 is 26.5 Å². The van der Waals surface area contributed by atoms with Crippen LogP contribution in [0.5, 0.6) is 11.5 Å². The van der Waals surface area contributed by atoms with Crippen LogP contribution in [0.25, 0.3) is 0 Å². The predicted molar refractivity (Wildman–Crippen MR) is 79.4 cm³/mol. The molecule has 0 aromatic heterocycles. The van der Waals surface area contributed by atoms with E-state index in [2.05, 4.69) is 0 Å². The second kappa shape index (κ2) is 5.96. The number of hydrogen-bond acceptors (Lipinski definition) is 5. The summed E-state index contributed by atoms with van der Waals surface area (Å²) in [6.45, 7) is 0. The summed E-state index contributed by atoms with van der Waals surface area (Å²) >= 11 is 5.73. The van der Waals surface area contributed by atoms with E-state index in [9.17, 15) is 22.9 Å². The first-order valence-electron chi connectivity index (χ1n) is 5.93. The van der Waals surface area contributed by atoms with E-state index in [1.165, 1.54) is 31.4 Å². The number of ketones is 1. The fraction of sp³-hybridized carbons (Fsp3) is 0.0714. The molecule has 6 nitrogen and oxygen atoms in total. The number of hydrogen-bond donors (Lipinski definition) is 2. The highest BCUT2D eigenvalue weighted by molar-refractivity contribution is 7.86. The highest BCUT2D eigenvalue weighted by Crippen LogP contribution is 2.32. The van der Waals surface area contributed by atoms with Gasteiger partial charge in [-0.1, -0.05) is 11.6 Å². The maximum Gasteiger partial charge on any atom is 0.298 e. The average molecular weight is 343 g/mol. The molecule has 2 N–H and O–H groups in total. The number of carbonyl (C=O) groups is 1. The molecule has 0 spiro atoms. The fourth-order valence-electron chi connectivity index (χ4n) is 1.85. The van der Waals surface area contributed by atoms with Crippen molar-refractivity contribution in [3.05, 3.63) is 52.5 Å². The normalized spacial score (nSPS) is 11.2. The zero-order valence-corrected chi connectivity index (χ0v) is 12.9. The van der Waals surface area contributed by atoms with Crippen LogP contribution < -0.4 is 4.74 Å². The minimum absolute atomic E-state index is 0.200. The SMILES string of the molecule is COc1cc(O)c(C(=O)c2ccc(Cl)cc2)cc1S(=O)(=O)O. The van der Waals surface area contributed by atoms with Crippen molar-refractivity contribution >= 4 is 27.5 Å². The average Bonchev–Trinajstić information content (AvgIpc) is 2.45. The Hall–Kier alpha value is -2.09. The largest absolute Gasteiger partial charge is 0.507 e. The first kappa shape index (κ1) is 16.3. The van der Waals surface area contributed by atoms with Gasteiger partial charge >= 0.3 is 0 Å². The Morgan fingerprint density at radius 3 is 2.27 bits per heavy atom. The molecule has 0 radical (unpaired) electrons. The van der Waals surface area contributed by atoms with Gasteiger partial charge in [0.15, 0.2) is 5.78 Å². The van der Waals surface area contributed by atoms with Crippen molar-refractivity contribution in [3.63, 3.8) is 0 Å². The predicted octanol–water partition coefficient (Wildman–Crippen LogP) is 2.53. The van der Waals surface area contributed by atoms with Crippen LogP contribution in [0.15, 0.2) is 41.3 Å². The van der Waals surface area contributed by atoms with E-state index >= 15 is 0 Å². The first-order chi connectivity index (χ1) is 10.2. The molecule has 2 rings (SSSR count). The van der Waals surface area contributed by atoms with Gasteiger partial charge in [0.25, 0.3) is 10.1 Å². The van der Waals surface area contributed by atoms with Gasteiger partial charge in [0.1, 0.15) is 16.4 Å². The molecule has 0 saturated heterocycles. The molecule has 0 aliphatic carbocycles. The van der Waals surface area contributed by atoms with Gasteiger partial charge < -0.3 is 9.84 Å². The van der Waals surface area contributed by atoms with Gasteiger partial charge in [-0.15, -0.1) is 0 Å². The molecule has 0 fully saturated rings. The number of phenolic OH excluding ortho intramolecular Hbond substituents is 1. The van der Waals surface area contributed by atoms with E-state index in [0.29, 0.717) is 5.02 Å². The third kappa shape index (κ3) is 3.22. The molecule has 0 saturated carbocycles. The fourth-order valence-corrected chi connectivity index (χ4v) is 2.64. The number of carbonyl (C=O) groups excluding carboxylic acids is 1. The molecule has 0 atom stereocenters. The molecular weight excluding hydrogens is 332 g/mol. The lowest BCUT2D eigenvalue weighted by Crippen LogP contribution is -2.07. The van der Waals surface area contributed by atoms with Crippen LogP contribution >= 0.6 is 11.6 Å². The Morgan fingerprint density at radius 2 is 1.77 bits per heavy atom. The number of aromatic hydroxyl groups is 1. The lowest BCUT2D eigenvalue weighted by Gasteiger charge is -2.10. The zero-order chi connectivity index (χ0) is 16.5. The Bertz CT molecular complexity index is 827. The van der Waals surface area contributed by atoms with Gasteiger partial charge in [0, 0.05) is 16.7 Å². The highest BCUT2D eigenvalue weighted by Gasteiger charge is 2.23. The van der Waals surface area contributed by atoms with Gasteiger partial charge in [-0.05, 0) is 30.3 Å². The van der Waals surface area contributed by atoms with Gasteiger partial charge in [-0.25, -0.2) is 0 Å². The summed E-state index contributed by atoms with van der Waals surface area (Å²) in [6.07, 6.45) is 0. The number of methoxy groups -OCH3 is 1. The summed E-state index contributed by atoms with van der Waals surface area (Å²) in [7, 11) is -3.45. The molecule has 0 aliphatic heterocycles. The molecule has 8 heteroatoms. The third-order valence-electron chi connectivity index (χ3n) is 2.91. The molecular formula is C14H11ClO6S. The third-order valence-corrected chi connectivity index (χ3v) is 4.04. The van der Waals surface area contributed by atoms with Gasteiger partial charge in [-0.2, -0.15) is 8.42 Å². The van der Waals surface area contributed by atoms with Gasteiger partial charge in [0.05, 0.1) is 12.7 Å². The van der Waals surface area contributed by atoms with E-state index in [4.69, 9.17) is 16.3 Å². The summed E-state index contributed by atoms with van der Waals surface area (Å²) < 4.78 is 36.7. The summed E-state index contributed by atoms with van der Waals surface area (Å²) in [6, 6.07) is 7.65. The van der Waals surface area contributed by atoms with Crippen LogP contribution in [-0.2, 0) is 10.1 Å². The number of halogens is 1. The number of ether oxygens (including phenoxy) is 1. The van der Waals surface area contributed by atoms with Crippen molar-refractivity contribution in [1.82, 2.24) is 0 Å². The van der Waals surface area contributed by atoms with Crippen molar-refractivity contribution in [3.8, 4) is 11.5 Å². The van der Waals surface area contributed by atoms with Crippen molar-refractivity contribution in [2.75, 3.05) is 7.11 Å². The molecule has 0 heterocycles.